The Morgan fingerprint density at radius 1 is 1.26 bits per heavy atom. The van der Waals surface area contributed by atoms with E-state index in [1.807, 2.05) is 9.80 Å². The number of thioether (sulfide) groups is 1. The molecule has 0 aromatic heterocycles. The third-order valence-electron chi connectivity index (χ3n) is 3.83. The molecule has 2 heterocycles. The van der Waals surface area contributed by atoms with Crippen LogP contribution >= 0.6 is 11.8 Å². The van der Waals surface area contributed by atoms with Gasteiger partial charge in [-0.1, -0.05) is 13.8 Å². The summed E-state index contributed by atoms with van der Waals surface area (Å²) in [6.45, 7) is 7.63. The lowest BCUT2D eigenvalue weighted by atomic mass is 10.1. The highest BCUT2D eigenvalue weighted by atomic mass is 32.2. The zero-order chi connectivity index (χ0) is 14.0. The Balaban J connectivity index is 2.07. The number of hydrogen-bond donors (Lipinski definition) is 0. The fourth-order valence-corrected chi connectivity index (χ4v) is 4.59. The van der Waals surface area contributed by atoms with Crippen LogP contribution in [0.25, 0.3) is 0 Å². The van der Waals surface area contributed by atoms with Gasteiger partial charge in [0.15, 0.2) is 0 Å². The molecule has 0 spiro atoms. The van der Waals surface area contributed by atoms with Gasteiger partial charge in [0.1, 0.15) is 6.04 Å². The second-order valence-corrected chi connectivity index (χ2v) is 7.10. The average Bonchev–Trinajstić information content (AvgIpc) is 2.94. The van der Waals surface area contributed by atoms with Crippen molar-refractivity contribution in [3.05, 3.63) is 0 Å². The van der Waals surface area contributed by atoms with Gasteiger partial charge in [0.2, 0.25) is 11.8 Å². The Bertz CT molecular complexity index is 353. The molecule has 2 unspecified atom stereocenters. The summed E-state index contributed by atoms with van der Waals surface area (Å²) in [5.41, 5.74) is 0. The van der Waals surface area contributed by atoms with Crippen LogP contribution in [-0.2, 0) is 9.59 Å². The van der Waals surface area contributed by atoms with Crippen LogP contribution in [0.5, 0.6) is 0 Å². The van der Waals surface area contributed by atoms with Gasteiger partial charge in [0.05, 0.1) is 5.37 Å². The molecule has 2 saturated heterocycles. The topological polar surface area (TPSA) is 40.6 Å². The van der Waals surface area contributed by atoms with E-state index in [9.17, 15) is 9.59 Å². The third-order valence-corrected chi connectivity index (χ3v) is 5.14. The molecule has 0 aromatic rings. The Hall–Kier alpha value is -0.710. The highest BCUT2D eigenvalue weighted by Gasteiger charge is 2.42. The second-order valence-electron chi connectivity index (χ2n) is 5.89. The van der Waals surface area contributed by atoms with E-state index in [1.54, 1.807) is 18.7 Å². The van der Waals surface area contributed by atoms with Gasteiger partial charge < -0.3 is 9.80 Å². The first-order valence-corrected chi connectivity index (χ1v) is 8.25. The molecule has 2 amide bonds. The molecule has 2 aliphatic heterocycles. The monoisotopic (exact) mass is 284 g/mol. The second kappa shape index (κ2) is 6.16. The molecule has 0 aromatic carbocycles. The molecule has 0 radical (unpaired) electrons. The molecule has 2 aliphatic rings. The molecular formula is C14H24N2O2S. The zero-order valence-electron chi connectivity index (χ0n) is 12.1. The predicted molar refractivity (Wildman–Crippen MR) is 77.8 cm³/mol. The minimum atomic E-state index is -0.232. The molecule has 0 saturated carbocycles. The number of hydrogen-bond acceptors (Lipinski definition) is 3. The highest BCUT2D eigenvalue weighted by Crippen LogP contribution is 2.34. The van der Waals surface area contributed by atoms with Crippen molar-refractivity contribution in [2.24, 2.45) is 5.92 Å². The Labute approximate surface area is 119 Å². The molecule has 108 valence electrons. The van der Waals surface area contributed by atoms with Crippen molar-refractivity contribution in [3.8, 4) is 0 Å². The largest absolute Gasteiger partial charge is 0.341 e. The first-order valence-electron chi connectivity index (χ1n) is 7.20. The molecule has 4 nitrogen and oxygen atoms in total. The summed E-state index contributed by atoms with van der Waals surface area (Å²) in [4.78, 5) is 28.2. The van der Waals surface area contributed by atoms with Gasteiger partial charge in [-0.2, -0.15) is 0 Å². The zero-order valence-corrected chi connectivity index (χ0v) is 12.9. The smallest absolute Gasteiger partial charge is 0.246 e. The van der Waals surface area contributed by atoms with Crippen LogP contribution in [0, 0.1) is 5.92 Å². The first-order chi connectivity index (χ1) is 9.00. The number of carbonyl (C=O) groups excluding carboxylic acids is 2. The van der Waals surface area contributed by atoms with Crippen molar-refractivity contribution in [2.45, 2.75) is 51.4 Å². The molecular weight excluding hydrogens is 260 g/mol. The Morgan fingerprint density at radius 2 is 1.89 bits per heavy atom. The third kappa shape index (κ3) is 3.25. The van der Waals surface area contributed by atoms with E-state index in [-0.39, 0.29) is 23.2 Å². The van der Waals surface area contributed by atoms with E-state index in [4.69, 9.17) is 0 Å². The lowest BCUT2D eigenvalue weighted by molar-refractivity contribution is -0.143. The average molecular weight is 284 g/mol. The van der Waals surface area contributed by atoms with Crippen molar-refractivity contribution in [2.75, 3.05) is 18.8 Å². The minimum absolute atomic E-state index is 0.0354. The van der Waals surface area contributed by atoms with E-state index in [0.29, 0.717) is 5.92 Å². The van der Waals surface area contributed by atoms with E-state index in [2.05, 4.69) is 13.8 Å². The van der Waals surface area contributed by atoms with Crippen LogP contribution in [0.15, 0.2) is 0 Å². The van der Waals surface area contributed by atoms with Crippen LogP contribution in [0.3, 0.4) is 0 Å². The van der Waals surface area contributed by atoms with Crippen molar-refractivity contribution >= 4 is 23.6 Å². The molecule has 0 N–H and O–H groups in total. The van der Waals surface area contributed by atoms with E-state index >= 15 is 0 Å². The molecule has 2 atom stereocenters. The fraction of sp³-hybridized carbons (Fsp3) is 0.857. The van der Waals surface area contributed by atoms with Gasteiger partial charge in [-0.05, 0) is 25.2 Å². The first kappa shape index (κ1) is 14.7. The van der Waals surface area contributed by atoms with E-state index in [0.717, 1.165) is 38.1 Å². The van der Waals surface area contributed by atoms with Gasteiger partial charge in [-0.3, -0.25) is 9.59 Å². The van der Waals surface area contributed by atoms with Crippen molar-refractivity contribution in [1.29, 1.82) is 0 Å². The summed E-state index contributed by atoms with van der Waals surface area (Å²) in [7, 11) is 0. The van der Waals surface area contributed by atoms with E-state index < -0.39 is 0 Å². The summed E-state index contributed by atoms with van der Waals surface area (Å²) in [6.07, 6.45) is 3.16. The SMILES string of the molecule is CC(=O)N1C(CC(C)C)SCC1C(=O)N1CCCC1. The molecule has 5 heteroatoms. The number of nitrogens with zero attached hydrogens (tertiary/aromatic N) is 2. The van der Waals surface area contributed by atoms with Gasteiger partial charge in [-0.15, -0.1) is 11.8 Å². The molecule has 0 bridgehead atoms. The fourth-order valence-electron chi connectivity index (χ4n) is 2.91. The maximum Gasteiger partial charge on any atom is 0.246 e. The van der Waals surface area contributed by atoms with Crippen molar-refractivity contribution in [3.63, 3.8) is 0 Å². The summed E-state index contributed by atoms with van der Waals surface area (Å²) in [5, 5.41) is 0.175. The quantitative estimate of drug-likeness (QED) is 0.795. The minimum Gasteiger partial charge on any atom is -0.341 e. The van der Waals surface area contributed by atoms with Gasteiger partial charge in [0, 0.05) is 25.8 Å². The van der Waals surface area contributed by atoms with Crippen LogP contribution in [0.1, 0.15) is 40.0 Å². The van der Waals surface area contributed by atoms with Crippen molar-refractivity contribution in [1.82, 2.24) is 9.80 Å². The van der Waals surface area contributed by atoms with Crippen LogP contribution in [0.4, 0.5) is 0 Å². The molecule has 0 aliphatic carbocycles. The van der Waals surface area contributed by atoms with Crippen molar-refractivity contribution < 1.29 is 9.59 Å². The lowest BCUT2D eigenvalue weighted by Crippen LogP contribution is -2.50. The maximum atomic E-state index is 12.5. The van der Waals surface area contributed by atoms with Gasteiger partial charge >= 0.3 is 0 Å². The Morgan fingerprint density at radius 3 is 2.42 bits per heavy atom. The van der Waals surface area contributed by atoms with Gasteiger partial charge in [-0.25, -0.2) is 0 Å². The summed E-state index contributed by atoms with van der Waals surface area (Å²) < 4.78 is 0. The lowest BCUT2D eigenvalue weighted by Gasteiger charge is -2.30. The molecule has 2 rings (SSSR count). The van der Waals surface area contributed by atoms with E-state index in [1.165, 1.54) is 0 Å². The van der Waals surface area contributed by atoms with Crippen LogP contribution < -0.4 is 0 Å². The highest BCUT2D eigenvalue weighted by molar-refractivity contribution is 8.00. The Kier molecular flexibility index (Phi) is 4.76. The molecule has 2 fully saturated rings. The number of rotatable bonds is 3. The summed E-state index contributed by atoms with van der Waals surface area (Å²) in [5.74, 6) is 1.49. The number of carbonyl (C=O) groups is 2. The summed E-state index contributed by atoms with van der Waals surface area (Å²) >= 11 is 1.76. The number of amides is 2. The normalized spacial score (nSPS) is 27.4. The number of likely N-dealkylation sites (tertiary alicyclic amines) is 1. The maximum absolute atomic E-state index is 12.5. The standard InChI is InChI=1S/C14H24N2O2S/c1-10(2)8-13-16(11(3)17)12(9-19-13)14(18)15-6-4-5-7-15/h10,12-13H,4-9H2,1-3H3. The van der Waals surface area contributed by atoms with Crippen LogP contribution in [0.2, 0.25) is 0 Å². The molecule has 19 heavy (non-hydrogen) atoms. The predicted octanol–water partition coefficient (Wildman–Crippen LogP) is 1.94. The van der Waals surface area contributed by atoms with Gasteiger partial charge in [0.25, 0.3) is 0 Å². The van der Waals surface area contributed by atoms with Crippen LogP contribution in [-0.4, -0.2) is 51.9 Å². The summed E-state index contributed by atoms with van der Waals surface area (Å²) in [6, 6.07) is -0.232.